The van der Waals surface area contributed by atoms with E-state index in [2.05, 4.69) is 13.8 Å². The summed E-state index contributed by atoms with van der Waals surface area (Å²) >= 11 is 0. The molecule has 0 saturated carbocycles. The van der Waals surface area contributed by atoms with Crippen molar-refractivity contribution in [1.29, 1.82) is 0 Å². The molecule has 2 amide bonds. The number of halogens is 3. The second-order valence-corrected chi connectivity index (χ2v) is 12.3. The highest BCUT2D eigenvalue weighted by atomic mass is 19.4. The summed E-state index contributed by atoms with van der Waals surface area (Å²) in [6.07, 6.45) is -2.05. The van der Waals surface area contributed by atoms with E-state index in [1.807, 2.05) is 25.1 Å². The average Bonchev–Trinajstić information content (AvgIpc) is 3.45. The van der Waals surface area contributed by atoms with Crippen molar-refractivity contribution in [3.05, 3.63) is 64.2 Å². The van der Waals surface area contributed by atoms with Crippen molar-refractivity contribution in [2.24, 2.45) is 5.41 Å². The second-order valence-electron chi connectivity index (χ2n) is 12.3. The first-order valence-corrected chi connectivity index (χ1v) is 14.1. The molecule has 2 aromatic rings. The number of aryl methyl sites for hydroxylation is 1. The molecule has 1 aliphatic carbocycles. The number of anilines is 1. The second kappa shape index (κ2) is 10.7. The van der Waals surface area contributed by atoms with Crippen molar-refractivity contribution < 1.29 is 32.2 Å². The molecule has 5 rings (SSSR count). The summed E-state index contributed by atoms with van der Waals surface area (Å²) in [4.78, 5) is 29.1. The van der Waals surface area contributed by atoms with E-state index in [0.717, 1.165) is 60.2 Å². The molecule has 220 valence electrons. The number of amides is 2. The summed E-state index contributed by atoms with van der Waals surface area (Å²) in [5.74, 6) is 0.798. The smallest absolute Gasteiger partial charge is 0.416 e. The lowest BCUT2D eigenvalue weighted by Crippen LogP contribution is -2.35. The minimum Gasteiger partial charge on any atom is -0.496 e. The van der Waals surface area contributed by atoms with Gasteiger partial charge in [-0.1, -0.05) is 25.5 Å². The number of carbonyl (C=O) groups excluding carboxylic acids is 2. The van der Waals surface area contributed by atoms with E-state index in [0.29, 0.717) is 36.4 Å². The molecule has 9 heteroatoms. The summed E-state index contributed by atoms with van der Waals surface area (Å²) in [5, 5.41) is 0. The molecule has 0 radical (unpaired) electrons. The van der Waals surface area contributed by atoms with Crippen molar-refractivity contribution in [3.63, 3.8) is 0 Å². The SMILES string of the molecule is COc1ccc(N2CCCC2=O)cc1C1=C(CN2C(=O)O[C@H](c3cc(C)cc(C(F)(F)F)c3)[C@@H]2C)CC(C)(C)CC1. The molecule has 0 bridgehead atoms. The van der Waals surface area contributed by atoms with Gasteiger partial charge in [-0.05, 0) is 92.0 Å². The maximum atomic E-state index is 13.5. The Hall–Kier alpha value is -3.49. The van der Waals surface area contributed by atoms with Crippen molar-refractivity contribution in [3.8, 4) is 5.75 Å². The number of nitrogens with zero attached hydrogens (tertiary/aromatic N) is 2. The molecular weight excluding hydrogens is 533 g/mol. The van der Waals surface area contributed by atoms with Crippen LogP contribution in [0.25, 0.3) is 5.57 Å². The molecule has 2 aromatic carbocycles. The minimum absolute atomic E-state index is 0.000974. The van der Waals surface area contributed by atoms with Crippen molar-refractivity contribution in [2.45, 2.75) is 78.1 Å². The van der Waals surface area contributed by atoms with Crippen LogP contribution in [-0.4, -0.2) is 43.1 Å². The molecule has 2 atom stereocenters. The zero-order chi connectivity index (χ0) is 29.7. The molecule has 41 heavy (non-hydrogen) atoms. The molecule has 2 aliphatic heterocycles. The highest BCUT2D eigenvalue weighted by Gasteiger charge is 2.42. The third kappa shape index (κ3) is 5.81. The lowest BCUT2D eigenvalue weighted by molar-refractivity contribution is -0.137. The highest BCUT2D eigenvalue weighted by molar-refractivity contribution is 5.96. The van der Waals surface area contributed by atoms with Crippen LogP contribution in [0.1, 0.15) is 81.2 Å². The molecule has 6 nitrogen and oxygen atoms in total. The Morgan fingerprint density at radius 3 is 2.51 bits per heavy atom. The van der Waals surface area contributed by atoms with Crippen LogP contribution in [0.5, 0.6) is 5.75 Å². The average molecular weight is 571 g/mol. The molecule has 2 saturated heterocycles. The molecular formula is C32H37F3N2O4. The van der Waals surface area contributed by atoms with Crippen LogP contribution in [0.2, 0.25) is 0 Å². The Balaban J connectivity index is 1.51. The summed E-state index contributed by atoms with van der Waals surface area (Å²) in [7, 11) is 1.62. The van der Waals surface area contributed by atoms with Crippen LogP contribution in [0, 0.1) is 12.3 Å². The molecule has 3 aliphatic rings. The number of allylic oxidation sites excluding steroid dienone is 1. The maximum absolute atomic E-state index is 13.5. The van der Waals surface area contributed by atoms with E-state index in [-0.39, 0.29) is 11.3 Å². The van der Waals surface area contributed by atoms with Crippen LogP contribution in [-0.2, 0) is 15.7 Å². The van der Waals surface area contributed by atoms with E-state index in [1.54, 1.807) is 29.9 Å². The zero-order valence-electron chi connectivity index (χ0n) is 24.2. The molecule has 0 aromatic heterocycles. The van der Waals surface area contributed by atoms with E-state index in [1.165, 1.54) is 0 Å². The van der Waals surface area contributed by atoms with Gasteiger partial charge in [-0.3, -0.25) is 9.69 Å². The maximum Gasteiger partial charge on any atom is 0.416 e. The fourth-order valence-corrected chi connectivity index (χ4v) is 6.42. The fraction of sp³-hybridized carbons (Fsp3) is 0.500. The van der Waals surface area contributed by atoms with Crippen LogP contribution in [0.3, 0.4) is 0 Å². The monoisotopic (exact) mass is 570 g/mol. The first-order valence-electron chi connectivity index (χ1n) is 14.1. The van der Waals surface area contributed by atoms with Gasteiger partial charge >= 0.3 is 12.3 Å². The molecule has 2 fully saturated rings. The summed E-state index contributed by atoms with van der Waals surface area (Å²) in [6, 6.07) is 9.16. The number of hydrogen-bond acceptors (Lipinski definition) is 4. The predicted octanol–water partition coefficient (Wildman–Crippen LogP) is 7.69. The standard InChI is InChI=1S/C32H37F3N2O4/c1-19-13-21(15-23(14-19)32(33,34)35)29-20(2)37(30(39)41-29)18-22-17-31(3,4)11-10-25(22)26-16-24(8-9-27(26)40-5)36-12-6-7-28(36)38/h8-9,13-16,20,29H,6-7,10-12,17-18H2,1-5H3/t20-,29-/m0/s1. The number of benzene rings is 2. The lowest BCUT2D eigenvalue weighted by Gasteiger charge is -2.36. The molecule has 0 N–H and O–H groups in total. The number of methoxy groups -OCH3 is 1. The van der Waals surface area contributed by atoms with Gasteiger partial charge in [0.2, 0.25) is 5.91 Å². The number of hydrogen-bond donors (Lipinski definition) is 0. The van der Waals surface area contributed by atoms with Crippen molar-refractivity contribution in [2.75, 3.05) is 25.1 Å². The Labute approximate surface area is 239 Å². The Morgan fingerprint density at radius 1 is 1.10 bits per heavy atom. The normalized spacial score (nSPS) is 22.9. The van der Waals surface area contributed by atoms with Crippen LogP contribution >= 0.6 is 0 Å². The quantitative estimate of drug-likeness (QED) is 0.357. The van der Waals surface area contributed by atoms with Gasteiger partial charge in [0, 0.05) is 30.8 Å². The van der Waals surface area contributed by atoms with Crippen LogP contribution in [0.15, 0.2) is 42.0 Å². The van der Waals surface area contributed by atoms with Gasteiger partial charge in [0.25, 0.3) is 0 Å². The summed E-state index contributed by atoms with van der Waals surface area (Å²) < 4.78 is 52.0. The Morgan fingerprint density at radius 2 is 1.85 bits per heavy atom. The largest absolute Gasteiger partial charge is 0.496 e. The number of rotatable bonds is 6. The van der Waals surface area contributed by atoms with E-state index < -0.39 is 30.0 Å². The van der Waals surface area contributed by atoms with E-state index in [4.69, 9.17) is 9.47 Å². The van der Waals surface area contributed by atoms with Gasteiger partial charge in [-0.25, -0.2) is 4.79 Å². The minimum atomic E-state index is -4.49. The van der Waals surface area contributed by atoms with Crippen LogP contribution in [0.4, 0.5) is 23.7 Å². The summed E-state index contributed by atoms with van der Waals surface area (Å²) in [5.41, 5.74) is 3.91. The number of carbonyl (C=O) groups is 2. The van der Waals surface area contributed by atoms with E-state index in [9.17, 15) is 22.8 Å². The zero-order valence-corrected chi connectivity index (χ0v) is 24.2. The first kappa shape index (κ1) is 29.0. The Bertz CT molecular complexity index is 1400. The van der Waals surface area contributed by atoms with Crippen molar-refractivity contribution >= 4 is 23.3 Å². The van der Waals surface area contributed by atoms with Gasteiger partial charge in [0.05, 0.1) is 18.7 Å². The summed E-state index contributed by atoms with van der Waals surface area (Å²) in [6.45, 7) is 8.79. The number of alkyl halides is 3. The number of cyclic esters (lactones) is 1. The van der Waals surface area contributed by atoms with E-state index >= 15 is 0 Å². The highest BCUT2D eigenvalue weighted by Crippen LogP contribution is 2.47. The lowest BCUT2D eigenvalue weighted by atomic mass is 9.72. The van der Waals surface area contributed by atoms with Crippen molar-refractivity contribution in [1.82, 2.24) is 4.90 Å². The predicted molar refractivity (Wildman–Crippen MR) is 151 cm³/mol. The number of ether oxygens (including phenoxy) is 2. The Kier molecular flexibility index (Phi) is 7.59. The first-order chi connectivity index (χ1) is 19.3. The van der Waals surface area contributed by atoms with Gasteiger partial charge in [0.1, 0.15) is 11.9 Å². The fourth-order valence-electron chi connectivity index (χ4n) is 6.42. The van der Waals surface area contributed by atoms with Crippen LogP contribution < -0.4 is 9.64 Å². The molecule has 0 spiro atoms. The third-order valence-corrected chi connectivity index (χ3v) is 8.57. The van der Waals surface area contributed by atoms with Gasteiger partial charge in [-0.15, -0.1) is 0 Å². The van der Waals surface area contributed by atoms with Gasteiger partial charge < -0.3 is 14.4 Å². The molecule has 0 unspecified atom stereocenters. The van der Waals surface area contributed by atoms with Gasteiger partial charge in [0.15, 0.2) is 0 Å². The van der Waals surface area contributed by atoms with Gasteiger partial charge in [-0.2, -0.15) is 13.2 Å². The third-order valence-electron chi connectivity index (χ3n) is 8.57. The topological polar surface area (TPSA) is 59.1 Å². The molecule has 2 heterocycles.